The van der Waals surface area contributed by atoms with Crippen molar-refractivity contribution in [2.24, 2.45) is 0 Å². The molecule has 2 aromatic rings. The van der Waals surface area contributed by atoms with E-state index in [-0.39, 0.29) is 34.8 Å². The molecular weight excluding hydrogens is 409 g/mol. The van der Waals surface area contributed by atoms with E-state index >= 15 is 0 Å². The zero-order chi connectivity index (χ0) is 22.2. The number of hydrogen-bond acceptors (Lipinski definition) is 5. The molecule has 0 radical (unpaired) electrons. The molecule has 0 spiro atoms. The van der Waals surface area contributed by atoms with Crippen LogP contribution in [0.3, 0.4) is 0 Å². The molecule has 1 atom stereocenters. The van der Waals surface area contributed by atoms with Gasteiger partial charge in [0.1, 0.15) is 11.5 Å². The molecule has 0 saturated carbocycles. The fourth-order valence-electron chi connectivity index (χ4n) is 3.57. The van der Waals surface area contributed by atoms with Gasteiger partial charge < -0.3 is 14.5 Å². The van der Waals surface area contributed by atoms with Crippen molar-refractivity contribution in [3.05, 3.63) is 52.6 Å². The molecule has 6 nitrogen and oxygen atoms in total. The number of fused-ring (bicyclic) bond motifs is 1. The second-order valence-electron chi connectivity index (χ2n) is 8.18. The molecule has 8 heteroatoms. The molecule has 0 fully saturated rings. The van der Waals surface area contributed by atoms with Crippen LogP contribution in [0.4, 0.5) is 15.8 Å². The largest absolute Gasteiger partial charge is 0.469 e. The summed E-state index contributed by atoms with van der Waals surface area (Å²) in [6, 6.07) is 7.84. The van der Waals surface area contributed by atoms with Gasteiger partial charge in [-0.3, -0.25) is 9.59 Å². The molecule has 30 heavy (non-hydrogen) atoms. The van der Waals surface area contributed by atoms with Gasteiger partial charge in [-0.1, -0.05) is 25.4 Å². The van der Waals surface area contributed by atoms with Crippen molar-refractivity contribution in [3.63, 3.8) is 0 Å². The molecule has 2 heterocycles. The van der Waals surface area contributed by atoms with Crippen LogP contribution in [-0.4, -0.2) is 48.5 Å². The maximum absolute atomic E-state index is 14.0. The Labute approximate surface area is 180 Å². The molecule has 160 valence electrons. The molecule has 0 bridgehead atoms. The highest BCUT2D eigenvalue weighted by Gasteiger charge is 2.38. The Hall–Kier alpha value is -2.67. The van der Waals surface area contributed by atoms with Gasteiger partial charge in [-0.05, 0) is 37.3 Å². The molecule has 1 amide bonds. The van der Waals surface area contributed by atoms with Gasteiger partial charge in [-0.15, -0.1) is 0 Å². The molecular formula is C22H25ClFN3O3. The summed E-state index contributed by atoms with van der Waals surface area (Å²) in [7, 11) is 2.96. The summed E-state index contributed by atoms with van der Waals surface area (Å²) < 4.78 is 18.7. The number of esters is 1. The van der Waals surface area contributed by atoms with Crippen molar-refractivity contribution in [2.75, 3.05) is 25.6 Å². The average molecular weight is 434 g/mol. The summed E-state index contributed by atoms with van der Waals surface area (Å²) in [6.07, 6.45) is 0.102. The van der Waals surface area contributed by atoms with Gasteiger partial charge >= 0.3 is 5.97 Å². The fourth-order valence-corrected chi connectivity index (χ4v) is 3.69. The summed E-state index contributed by atoms with van der Waals surface area (Å²) in [4.78, 5) is 32.6. The lowest BCUT2D eigenvalue weighted by Crippen LogP contribution is -2.37. The summed E-state index contributed by atoms with van der Waals surface area (Å²) in [5, 5.41) is 0.0700. The highest BCUT2D eigenvalue weighted by Crippen LogP contribution is 2.43. The molecule has 1 aromatic heterocycles. The SMILES string of the molecule is COC(=O)C[C@@H](C)N(C)C(=O)c1ccc2c(n1)C(C)(C)CN2c1ccc(Cl)c(F)c1. The van der Waals surface area contributed by atoms with E-state index < -0.39 is 5.82 Å². The lowest BCUT2D eigenvalue weighted by Gasteiger charge is -2.24. The van der Waals surface area contributed by atoms with Crippen molar-refractivity contribution in [2.45, 2.75) is 38.6 Å². The normalized spacial score (nSPS) is 15.5. The maximum Gasteiger partial charge on any atom is 0.307 e. The van der Waals surface area contributed by atoms with Gasteiger partial charge in [0.25, 0.3) is 5.91 Å². The van der Waals surface area contributed by atoms with Gasteiger partial charge in [0, 0.05) is 30.7 Å². The van der Waals surface area contributed by atoms with E-state index in [1.165, 1.54) is 24.1 Å². The number of rotatable bonds is 5. The zero-order valence-corrected chi connectivity index (χ0v) is 18.5. The summed E-state index contributed by atoms with van der Waals surface area (Å²) in [5.74, 6) is -1.14. The van der Waals surface area contributed by atoms with Crippen LogP contribution in [-0.2, 0) is 14.9 Å². The Balaban J connectivity index is 1.91. The number of pyridine rings is 1. The second-order valence-corrected chi connectivity index (χ2v) is 8.59. The quantitative estimate of drug-likeness (QED) is 0.657. The molecule has 1 aromatic carbocycles. The second kappa shape index (κ2) is 8.22. The van der Waals surface area contributed by atoms with Crippen LogP contribution in [0, 0.1) is 5.82 Å². The van der Waals surface area contributed by atoms with E-state index in [0.717, 1.165) is 11.4 Å². The van der Waals surface area contributed by atoms with Crippen LogP contribution in [0.1, 0.15) is 43.4 Å². The minimum absolute atomic E-state index is 0.0700. The minimum atomic E-state index is -0.485. The van der Waals surface area contributed by atoms with Crippen molar-refractivity contribution in [3.8, 4) is 0 Å². The predicted molar refractivity (Wildman–Crippen MR) is 114 cm³/mol. The van der Waals surface area contributed by atoms with E-state index in [0.29, 0.717) is 17.9 Å². The topological polar surface area (TPSA) is 62.7 Å². The third-order valence-electron chi connectivity index (χ3n) is 5.46. The zero-order valence-electron chi connectivity index (χ0n) is 17.7. The molecule has 0 N–H and O–H groups in total. The number of carbonyl (C=O) groups is 2. The highest BCUT2D eigenvalue weighted by molar-refractivity contribution is 6.30. The minimum Gasteiger partial charge on any atom is -0.469 e. The first-order valence-corrected chi connectivity index (χ1v) is 10.0. The standard InChI is InChI=1S/C22H25ClFN3O3/c1-13(10-19(28)30-5)26(4)21(29)17-8-9-18-20(25-17)22(2,3)12-27(18)14-6-7-15(23)16(24)11-14/h6-9,11,13H,10,12H2,1-5H3/t13-/m1/s1. The Morgan fingerprint density at radius 1 is 1.33 bits per heavy atom. The number of nitrogens with zero attached hydrogens (tertiary/aromatic N) is 3. The van der Waals surface area contributed by atoms with Gasteiger partial charge in [0.05, 0.1) is 29.9 Å². The van der Waals surface area contributed by atoms with E-state index in [4.69, 9.17) is 11.6 Å². The summed E-state index contributed by atoms with van der Waals surface area (Å²) in [5.41, 5.74) is 2.21. The fraction of sp³-hybridized carbons (Fsp3) is 0.409. The molecule has 1 aliphatic heterocycles. The number of ether oxygens (including phenoxy) is 1. The van der Waals surface area contributed by atoms with E-state index in [9.17, 15) is 14.0 Å². The highest BCUT2D eigenvalue weighted by atomic mass is 35.5. The first kappa shape index (κ1) is 22.0. The van der Waals surface area contributed by atoms with Crippen molar-refractivity contribution in [1.29, 1.82) is 0 Å². The van der Waals surface area contributed by atoms with Crippen molar-refractivity contribution < 1.29 is 18.7 Å². The lowest BCUT2D eigenvalue weighted by atomic mass is 9.91. The lowest BCUT2D eigenvalue weighted by molar-refractivity contribution is -0.141. The number of carbonyl (C=O) groups excluding carboxylic acids is 2. The molecule has 1 aliphatic rings. The Morgan fingerprint density at radius 3 is 2.67 bits per heavy atom. The van der Waals surface area contributed by atoms with E-state index in [1.54, 1.807) is 26.1 Å². The first-order chi connectivity index (χ1) is 14.0. The number of benzene rings is 1. The number of amides is 1. The number of aromatic nitrogens is 1. The first-order valence-electron chi connectivity index (χ1n) is 9.63. The average Bonchev–Trinajstić information content (AvgIpc) is 2.99. The smallest absolute Gasteiger partial charge is 0.307 e. The van der Waals surface area contributed by atoms with Crippen LogP contribution >= 0.6 is 11.6 Å². The monoisotopic (exact) mass is 433 g/mol. The number of halogens is 2. The number of anilines is 2. The van der Waals surface area contributed by atoms with Crippen LogP contribution in [0.2, 0.25) is 5.02 Å². The third-order valence-corrected chi connectivity index (χ3v) is 5.77. The summed E-state index contributed by atoms with van der Waals surface area (Å²) >= 11 is 5.82. The Morgan fingerprint density at radius 2 is 2.03 bits per heavy atom. The predicted octanol–water partition coefficient (Wildman–Crippen LogP) is 4.33. The van der Waals surface area contributed by atoms with E-state index in [2.05, 4.69) is 9.72 Å². The number of methoxy groups -OCH3 is 1. The van der Waals surface area contributed by atoms with Crippen LogP contribution in [0.25, 0.3) is 0 Å². The maximum atomic E-state index is 14.0. The van der Waals surface area contributed by atoms with Crippen molar-refractivity contribution in [1.82, 2.24) is 9.88 Å². The molecule has 0 aliphatic carbocycles. The molecule has 0 unspecified atom stereocenters. The Bertz CT molecular complexity index is 996. The third kappa shape index (κ3) is 4.12. The van der Waals surface area contributed by atoms with Crippen molar-refractivity contribution >= 4 is 34.9 Å². The van der Waals surface area contributed by atoms with Gasteiger partial charge in [-0.2, -0.15) is 0 Å². The van der Waals surface area contributed by atoms with Gasteiger partial charge in [-0.25, -0.2) is 9.37 Å². The Kier molecular flexibility index (Phi) is 6.04. The summed E-state index contributed by atoms with van der Waals surface area (Å²) in [6.45, 7) is 6.43. The number of hydrogen-bond donors (Lipinski definition) is 0. The molecule has 3 rings (SSSR count). The van der Waals surface area contributed by atoms with Crippen LogP contribution in [0.5, 0.6) is 0 Å². The molecule has 0 saturated heterocycles. The van der Waals surface area contributed by atoms with Crippen LogP contribution in [0.15, 0.2) is 30.3 Å². The van der Waals surface area contributed by atoms with Crippen LogP contribution < -0.4 is 4.90 Å². The van der Waals surface area contributed by atoms with E-state index in [1.807, 2.05) is 24.8 Å². The van der Waals surface area contributed by atoms with Gasteiger partial charge in [0.15, 0.2) is 0 Å². The van der Waals surface area contributed by atoms with Gasteiger partial charge in [0.2, 0.25) is 0 Å².